The smallest absolute Gasteiger partial charge is 0.307 e. The normalized spacial score (nSPS) is 38.6. The van der Waals surface area contributed by atoms with Crippen LogP contribution in [0.3, 0.4) is 0 Å². The van der Waals surface area contributed by atoms with Gasteiger partial charge in [-0.1, -0.05) is 12.2 Å². The van der Waals surface area contributed by atoms with E-state index >= 15 is 0 Å². The molecule has 1 saturated carbocycles. The summed E-state index contributed by atoms with van der Waals surface area (Å²) in [6, 6.07) is 0. The van der Waals surface area contributed by atoms with Gasteiger partial charge in [-0.3, -0.25) is 4.79 Å². The van der Waals surface area contributed by atoms with E-state index in [1.54, 1.807) is 6.92 Å². The summed E-state index contributed by atoms with van der Waals surface area (Å²) in [5.74, 6) is -1.40. The van der Waals surface area contributed by atoms with Gasteiger partial charge in [0.2, 0.25) is 0 Å². The zero-order chi connectivity index (χ0) is 11.7. The van der Waals surface area contributed by atoms with Gasteiger partial charge in [-0.15, -0.1) is 0 Å². The van der Waals surface area contributed by atoms with Crippen molar-refractivity contribution in [2.24, 2.45) is 23.7 Å². The molecule has 5 atom stereocenters. The van der Waals surface area contributed by atoms with Crippen molar-refractivity contribution in [3.63, 3.8) is 0 Å². The molecule has 3 aliphatic rings. The van der Waals surface area contributed by atoms with Crippen LogP contribution in [-0.4, -0.2) is 29.1 Å². The second-order valence-corrected chi connectivity index (χ2v) is 4.58. The molecule has 3 rings (SSSR count). The van der Waals surface area contributed by atoms with E-state index in [4.69, 9.17) is 4.74 Å². The molecule has 16 heavy (non-hydrogen) atoms. The SMILES string of the molecule is CCOC(O)C1C(C(=O)O)[C@H]2C=C[C@@H]1CC2. The van der Waals surface area contributed by atoms with Crippen molar-refractivity contribution in [2.75, 3.05) is 6.61 Å². The van der Waals surface area contributed by atoms with Gasteiger partial charge in [-0.05, 0) is 31.6 Å². The van der Waals surface area contributed by atoms with Crippen molar-refractivity contribution >= 4 is 5.97 Å². The van der Waals surface area contributed by atoms with E-state index in [1.807, 2.05) is 12.2 Å². The molecule has 3 aliphatic carbocycles. The fourth-order valence-corrected chi connectivity index (χ4v) is 3.05. The van der Waals surface area contributed by atoms with Crippen molar-refractivity contribution in [3.05, 3.63) is 12.2 Å². The molecule has 1 fully saturated rings. The molecule has 90 valence electrons. The number of aliphatic carboxylic acids is 1. The van der Waals surface area contributed by atoms with Gasteiger partial charge in [0.25, 0.3) is 0 Å². The topological polar surface area (TPSA) is 66.8 Å². The summed E-state index contributed by atoms with van der Waals surface area (Å²) in [5, 5.41) is 19.1. The third kappa shape index (κ3) is 1.87. The van der Waals surface area contributed by atoms with Crippen molar-refractivity contribution in [3.8, 4) is 0 Å². The molecule has 3 unspecified atom stereocenters. The van der Waals surface area contributed by atoms with Gasteiger partial charge in [0, 0.05) is 12.5 Å². The van der Waals surface area contributed by atoms with E-state index in [-0.39, 0.29) is 17.8 Å². The van der Waals surface area contributed by atoms with Crippen LogP contribution in [0.4, 0.5) is 0 Å². The molecule has 0 aromatic heterocycles. The highest BCUT2D eigenvalue weighted by molar-refractivity contribution is 5.72. The van der Waals surface area contributed by atoms with Crippen LogP contribution in [0.25, 0.3) is 0 Å². The minimum absolute atomic E-state index is 0.0580. The Morgan fingerprint density at radius 3 is 2.56 bits per heavy atom. The molecule has 2 bridgehead atoms. The van der Waals surface area contributed by atoms with E-state index in [9.17, 15) is 15.0 Å². The maximum Gasteiger partial charge on any atom is 0.307 e. The second-order valence-electron chi connectivity index (χ2n) is 4.58. The first-order valence-electron chi connectivity index (χ1n) is 5.86. The van der Waals surface area contributed by atoms with Crippen LogP contribution in [0.15, 0.2) is 12.2 Å². The maximum atomic E-state index is 11.3. The molecule has 0 radical (unpaired) electrons. The first-order valence-corrected chi connectivity index (χ1v) is 5.86. The number of allylic oxidation sites excluding steroid dienone is 2. The summed E-state index contributed by atoms with van der Waals surface area (Å²) >= 11 is 0. The molecule has 0 spiro atoms. The zero-order valence-electron chi connectivity index (χ0n) is 9.37. The minimum Gasteiger partial charge on any atom is -0.481 e. The van der Waals surface area contributed by atoms with Crippen molar-refractivity contribution in [2.45, 2.75) is 26.1 Å². The minimum atomic E-state index is -0.955. The number of rotatable bonds is 4. The maximum absolute atomic E-state index is 11.3. The molecule has 0 aromatic carbocycles. The Balaban J connectivity index is 2.20. The molecular formula is C12H18O4. The van der Waals surface area contributed by atoms with Gasteiger partial charge in [0.1, 0.15) is 0 Å². The predicted octanol–water partition coefficient (Wildman–Crippen LogP) is 1.25. The van der Waals surface area contributed by atoms with E-state index in [0.717, 1.165) is 12.8 Å². The number of carbonyl (C=O) groups is 1. The first kappa shape index (κ1) is 11.6. The number of ether oxygens (including phenoxy) is 1. The summed E-state index contributed by atoms with van der Waals surface area (Å²) in [6.07, 6.45) is 4.94. The Hall–Kier alpha value is -0.870. The standard InChI is InChI=1S/C12H18O4/c1-2-16-12(15)10-8-5-3-7(4-6-8)9(10)11(13)14/h3,5,7-10,12,15H,2,4,6H2,1H3,(H,13,14)/t7-,8+,9?,10?,12?/m0/s1. The Kier molecular flexibility index (Phi) is 3.30. The van der Waals surface area contributed by atoms with E-state index in [1.165, 1.54) is 0 Å². The summed E-state index contributed by atoms with van der Waals surface area (Å²) in [6.45, 7) is 2.21. The lowest BCUT2D eigenvalue weighted by Gasteiger charge is -2.44. The lowest BCUT2D eigenvalue weighted by Crippen LogP contribution is -2.47. The Morgan fingerprint density at radius 2 is 2.06 bits per heavy atom. The average molecular weight is 226 g/mol. The Labute approximate surface area is 94.9 Å². The van der Waals surface area contributed by atoms with Gasteiger partial charge in [-0.25, -0.2) is 0 Å². The van der Waals surface area contributed by atoms with Gasteiger partial charge in [0.15, 0.2) is 6.29 Å². The summed E-state index contributed by atoms with van der Waals surface area (Å²) in [5.41, 5.74) is 0. The summed E-state index contributed by atoms with van der Waals surface area (Å²) in [4.78, 5) is 11.3. The molecular weight excluding hydrogens is 208 g/mol. The monoisotopic (exact) mass is 226 g/mol. The molecule has 0 aromatic rings. The van der Waals surface area contributed by atoms with Crippen molar-refractivity contribution in [1.29, 1.82) is 0 Å². The highest BCUT2D eigenvalue weighted by Crippen LogP contribution is 2.46. The zero-order valence-corrected chi connectivity index (χ0v) is 9.37. The van der Waals surface area contributed by atoms with Crippen LogP contribution in [0, 0.1) is 23.7 Å². The largest absolute Gasteiger partial charge is 0.481 e. The van der Waals surface area contributed by atoms with E-state index < -0.39 is 18.2 Å². The number of hydrogen-bond donors (Lipinski definition) is 2. The van der Waals surface area contributed by atoms with E-state index in [0.29, 0.717) is 6.61 Å². The molecule has 0 amide bonds. The van der Waals surface area contributed by atoms with Crippen LogP contribution < -0.4 is 0 Å². The van der Waals surface area contributed by atoms with Crippen LogP contribution in [0.2, 0.25) is 0 Å². The fourth-order valence-electron chi connectivity index (χ4n) is 3.05. The van der Waals surface area contributed by atoms with Crippen LogP contribution >= 0.6 is 0 Å². The Bertz CT molecular complexity index is 299. The Morgan fingerprint density at radius 1 is 1.44 bits per heavy atom. The van der Waals surface area contributed by atoms with Gasteiger partial charge < -0.3 is 14.9 Å². The van der Waals surface area contributed by atoms with Crippen molar-refractivity contribution in [1.82, 2.24) is 0 Å². The molecule has 4 nitrogen and oxygen atoms in total. The quantitative estimate of drug-likeness (QED) is 0.559. The van der Waals surface area contributed by atoms with Crippen molar-refractivity contribution < 1.29 is 19.7 Å². The third-order valence-corrected chi connectivity index (χ3v) is 3.76. The van der Waals surface area contributed by atoms with Gasteiger partial charge in [0.05, 0.1) is 5.92 Å². The highest BCUT2D eigenvalue weighted by Gasteiger charge is 2.48. The average Bonchev–Trinajstić information content (AvgIpc) is 2.29. The summed E-state index contributed by atoms with van der Waals surface area (Å²) < 4.78 is 5.17. The molecule has 2 N–H and O–H groups in total. The number of aliphatic hydroxyl groups is 1. The second kappa shape index (κ2) is 4.55. The number of aliphatic hydroxyl groups excluding tert-OH is 1. The number of carboxylic acid groups (broad SMARTS) is 1. The first-order chi connectivity index (χ1) is 7.65. The molecule has 4 heteroatoms. The fraction of sp³-hybridized carbons (Fsp3) is 0.750. The summed E-state index contributed by atoms with van der Waals surface area (Å²) in [7, 11) is 0. The predicted molar refractivity (Wildman–Crippen MR) is 57.6 cm³/mol. The van der Waals surface area contributed by atoms with Gasteiger partial charge in [-0.2, -0.15) is 0 Å². The third-order valence-electron chi connectivity index (χ3n) is 3.76. The molecule has 0 saturated heterocycles. The number of carboxylic acids is 1. The van der Waals surface area contributed by atoms with Gasteiger partial charge >= 0.3 is 5.97 Å². The van der Waals surface area contributed by atoms with E-state index in [2.05, 4.69) is 0 Å². The van der Waals surface area contributed by atoms with Crippen LogP contribution in [0.5, 0.6) is 0 Å². The number of hydrogen-bond acceptors (Lipinski definition) is 3. The lowest BCUT2D eigenvalue weighted by atomic mass is 9.62. The van der Waals surface area contributed by atoms with Crippen LogP contribution in [0.1, 0.15) is 19.8 Å². The van der Waals surface area contributed by atoms with Crippen LogP contribution in [-0.2, 0) is 9.53 Å². The lowest BCUT2D eigenvalue weighted by molar-refractivity contribution is -0.182. The highest BCUT2D eigenvalue weighted by atomic mass is 16.6. The molecule has 0 aliphatic heterocycles. The molecule has 0 heterocycles. The number of fused-ring (bicyclic) bond motifs is 2.